The Balaban J connectivity index is 0.000000231. The number of phenols is 4. The number of anilines is 2. The van der Waals surface area contributed by atoms with E-state index in [1.165, 1.54) is 18.2 Å². The maximum Gasteiger partial charge on any atom is 0.295 e. The third-order valence-electron chi connectivity index (χ3n) is 11.1. The van der Waals surface area contributed by atoms with Gasteiger partial charge in [0.15, 0.2) is 15.6 Å². The number of aromatic nitrogens is 3. The van der Waals surface area contributed by atoms with Crippen LogP contribution in [0.2, 0.25) is 5.28 Å². The van der Waals surface area contributed by atoms with Gasteiger partial charge in [0.25, 0.3) is 21.5 Å². The number of nitrogens with one attached hydrogen (secondary N) is 1. The van der Waals surface area contributed by atoms with Gasteiger partial charge in [-0.15, -0.1) is 20.5 Å². The van der Waals surface area contributed by atoms with Gasteiger partial charge in [0.1, 0.15) is 50.7 Å². The zero-order valence-corrected chi connectivity index (χ0v) is 42.6. The molecular weight excluding hydrogens is 1090 g/mol. The largest absolute Gasteiger partial charge is 0.506 e. The molecule has 23 nitrogen and oxygen atoms in total. The number of nitro benzene ring substituents is 2. The van der Waals surface area contributed by atoms with E-state index in [4.69, 9.17) is 11.6 Å². The zero-order valence-electron chi connectivity index (χ0n) is 39.0. The molecule has 1 aromatic heterocycles. The Bertz CT molecular complexity index is 4060. The van der Waals surface area contributed by atoms with Gasteiger partial charge in [0.2, 0.25) is 11.2 Å². The van der Waals surface area contributed by atoms with Gasteiger partial charge in [0.05, 0.1) is 20.5 Å². The number of sulfone groups is 1. The van der Waals surface area contributed by atoms with Crippen molar-refractivity contribution in [1.82, 2.24) is 15.0 Å². The molecule has 0 fully saturated rings. The van der Waals surface area contributed by atoms with E-state index in [2.05, 4.69) is 40.7 Å². The molecule has 0 aliphatic rings. The third-order valence-corrected chi connectivity index (χ3v) is 14.1. The molecule has 0 bridgehead atoms. The van der Waals surface area contributed by atoms with Gasteiger partial charge in [-0.2, -0.15) is 18.4 Å². The van der Waals surface area contributed by atoms with E-state index in [0.29, 0.717) is 34.1 Å². The molecule has 9 rings (SSSR count). The van der Waals surface area contributed by atoms with Gasteiger partial charge in [-0.1, -0.05) is 61.5 Å². The monoisotopic (exact) mass is 1120 g/mol. The molecule has 9 aromatic rings. The van der Waals surface area contributed by atoms with E-state index in [0.717, 1.165) is 47.3 Å². The van der Waals surface area contributed by atoms with Crippen LogP contribution in [0.3, 0.4) is 0 Å². The van der Waals surface area contributed by atoms with Crippen LogP contribution in [-0.4, -0.2) is 72.4 Å². The molecular formula is C49H37ClCrN10O13S2. The predicted octanol–water partition coefficient (Wildman–Crippen LogP) is 11.9. The van der Waals surface area contributed by atoms with Crippen LogP contribution in [0.15, 0.2) is 164 Å². The van der Waals surface area contributed by atoms with Crippen molar-refractivity contribution in [3.63, 3.8) is 0 Å². The first-order valence-corrected chi connectivity index (χ1v) is 25.3. The van der Waals surface area contributed by atoms with Crippen molar-refractivity contribution >= 4 is 110 Å². The number of rotatable bonds is 14. The third kappa shape index (κ3) is 12.4. The summed E-state index contributed by atoms with van der Waals surface area (Å²) in [5, 5.41) is 84.8. The molecule has 0 spiro atoms. The van der Waals surface area contributed by atoms with Gasteiger partial charge in [0, 0.05) is 81.3 Å². The number of phenolic OH excluding ortho intramolecular Hbond substituents is 4. The quantitative estimate of drug-likeness (QED) is 0.0255. The number of halogens is 1. The smallest absolute Gasteiger partial charge is 0.295 e. The van der Waals surface area contributed by atoms with E-state index in [9.17, 15) is 62.0 Å². The van der Waals surface area contributed by atoms with E-state index >= 15 is 0 Å². The number of nitrogens with zero attached hydrogens (tertiary/aromatic N) is 9. The van der Waals surface area contributed by atoms with Crippen molar-refractivity contribution in [1.29, 1.82) is 0 Å². The minimum Gasteiger partial charge on any atom is -0.506 e. The Morgan fingerprint density at radius 2 is 1.24 bits per heavy atom. The molecule has 0 radical (unpaired) electrons. The summed E-state index contributed by atoms with van der Waals surface area (Å²) in [6, 6.07) is 32.4. The SMILES string of the molecule is CCCS(=O)(=O)c1ccc(Cc2nc(Cl)nc(Nc3ccc4ccc(N=Nc5cc([N+](=O)[O-])ccc5O)c(O)c4c3)n2)cc1.O=[N+]([O-])c1ccc2c(N=Nc3c(O)ccc4ccccc34)c(O)cc(S(=O)(=O)O)c2c1.[Cr]. The van der Waals surface area contributed by atoms with Crippen LogP contribution in [0.25, 0.3) is 32.3 Å². The number of hydrogen-bond donors (Lipinski definition) is 6. The summed E-state index contributed by atoms with van der Waals surface area (Å²) < 4.78 is 57.6. The molecule has 0 aliphatic carbocycles. The van der Waals surface area contributed by atoms with Crippen molar-refractivity contribution in [2.24, 2.45) is 20.5 Å². The summed E-state index contributed by atoms with van der Waals surface area (Å²) in [7, 11) is -8.13. The second-order valence-corrected chi connectivity index (χ2v) is 20.0. The van der Waals surface area contributed by atoms with Crippen molar-refractivity contribution in [3.8, 4) is 23.0 Å². The van der Waals surface area contributed by atoms with Gasteiger partial charge >= 0.3 is 0 Å². The van der Waals surface area contributed by atoms with E-state index in [-0.39, 0.29) is 102 Å². The standard InChI is InChI=1S/C29H24ClN7O6S.C20H13N3O7S.Cr/c1-2-13-44(42,43)21-9-3-17(4-10-21)14-26-32-28(30)34-29(33-26)31-19-7-5-18-6-11-23(27(39)22(18)15-19)35-36-24-16-20(37(40)41)8-12-25(24)38;24-16-8-5-11-3-1-2-4-13(11)19(16)21-22-20-14-7-6-12(23(26)27)9-15(14)18(10-17(20)25)31(28,29)30;/h3-12,15-16,38-39H,2,13-14H2,1H3,(H,31,32,33,34);1-10,24-25H,(H,28,29,30);. The van der Waals surface area contributed by atoms with Gasteiger partial charge < -0.3 is 25.7 Å². The normalized spacial score (nSPS) is 11.7. The molecule has 8 aromatic carbocycles. The summed E-state index contributed by atoms with van der Waals surface area (Å²) >= 11 is 6.17. The van der Waals surface area contributed by atoms with Gasteiger partial charge in [-0.05, 0) is 82.9 Å². The predicted molar refractivity (Wildman–Crippen MR) is 276 cm³/mol. The number of azo groups is 2. The van der Waals surface area contributed by atoms with Gasteiger partial charge in [-0.3, -0.25) is 24.8 Å². The topological polar surface area (TPSA) is 356 Å². The summed E-state index contributed by atoms with van der Waals surface area (Å²) in [4.78, 5) is 33.1. The van der Waals surface area contributed by atoms with Crippen LogP contribution >= 0.6 is 11.6 Å². The fourth-order valence-corrected chi connectivity index (χ4v) is 9.74. The summed E-state index contributed by atoms with van der Waals surface area (Å²) in [5.74, 6) is -0.732. The van der Waals surface area contributed by atoms with Crippen molar-refractivity contribution in [2.45, 2.75) is 29.6 Å². The molecule has 386 valence electrons. The molecule has 76 heavy (non-hydrogen) atoms. The van der Waals surface area contributed by atoms with Crippen LogP contribution in [0.1, 0.15) is 24.7 Å². The first kappa shape index (κ1) is 55.0. The first-order valence-electron chi connectivity index (χ1n) is 21.9. The summed E-state index contributed by atoms with van der Waals surface area (Å²) in [6.07, 6.45) is 0.804. The Labute approximate surface area is 445 Å². The Morgan fingerprint density at radius 3 is 1.93 bits per heavy atom. The minimum absolute atomic E-state index is 0. The first-order chi connectivity index (χ1) is 35.7. The number of fused-ring (bicyclic) bond motifs is 3. The second kappa shape index (κ2) is 22.8. The molecule has 27 heteroatoms. The van der Waals surface area contributed by atoms with Crippen LogP contribution in [0.5, 0.6) is 23.0 Å². The Hall–Kier alpha value is -8.77. The number of benzene rings is 8. The minimum atomic E-state index is -4.81. The Morgan fingerprint density at radius 1 is 0.618 bits per heavy atom. The average molecular weight is 1130 g/mol. The maximum absolute atomic E-state index is 12.3. The second-order valence-electron chi connectivity index (χ2n) is 16.2. The van der Waals surface area contributed by atoms with Crippen LogP contribution < -0.4 is 5.32 Å². The maximum atomic E-state index is 12.3. The number of non-ortho nitro benzene ring substituents is 2. The molecule has 6 N–H and O–H groups in total. The Kier molecular flexibility index (Phi) is 16.5. The van der Waals surface area contributed by atoms with Crippen LogP contribution in [0, 0.1) is 20.2 Å². The van der Waals surface area contributed by atoms with Crippen molar-refractivity contribution < 1.29 is 69.0 Å². The van der Waals surface area contributed by atoms with E-state index < -0.39 is 46.1 Å². The van der Waals surface area contributed by atoms with E-state index in [1.54, 1.807) is 78.9 Å². The summed E-state index contributed by atoms with van der Waals surface area (Å²) in [5.41, 5.74) is 0.469. The molecule has 0 atom stereocenters. The number of aromatic hydroxyl groups is 4. The average Bonchev–Trinajstić information content (AvgIpc) is 3.38. The fourth-order valence-electron chi connectivity index (χ4n) is 7.53. The molecule has 0 amide bonds. The molecule has 0 saturated carbocycles. The van der Waals surface area contributed by atoms with Gasteiger partial charge in [-0.25, -0.2) is 13.4 Å². The molecule has 0 saturated heterocycles. The zero-order chi connectivity index (χ0) is 53.8. The number of hydrogen-bond acceptors (Lipinski definition) is 20. The number of nitro groups is 2. The van der Waals surface area contributed by atoms with Crippen LogP contribution in [0.4, 0.5) is 45.8 Å². The molecule has 0 unspecified atom stereocenters. The van der Waals surface area contributed by atoms with Crippen molar-refractivity contribution in [3.05, 3.63) is 170 Å². The molecule has 1 heterocycles. The van der Waals surface area contributed by atoms with Crippen LogP contribution in [-0.2, 0) is 43.7 Å². The summed E-state index contributed by atoms with van der Waals surface area (Å²) in [6.45, 7) is 1.81. The van der Waals surface area contributed by atoms with Crippen molar-refractivity contribution in [2.75, 3.05) is 11.1 Å². The molecule has 0 aliphatic heterocycles. The fraction of sp³-hybridized carbons (Fsp3) is 0.0816. The van der Waals surface area contributed by atoms with E-state index in [1.807, 2.05) is 6.92 Å².